The maximum Gasteiger partial charge on any atom is 0.339 e. The highest BCUT2D eigenvalue weighted by Crippen LogP contribution is 2.18. The van der Waals surface area contributed by atoms with Crippen molar-refractivity contribution < 1.29 is 19.1 Å². The zero-order chi connectivity index (χ0) is 16.4. The van der Waals surface area contributed by atoms with Crippen molar-refractivity contribution in [2.45, 2.75) is 13.5 Å². The van der Waals surface area contributed by atoms with E-state index in [1.165, 1.54) is 18.7 Å². The maximum atomic E-state index is 11.8. The van der Waals surface area contributed by atoms with Gasteiger partial charge in [0.1, 0.15) is 5.69 Å². The minimum atomic E-state index is -0.503. The van der Waals surface area contributed by atoms with Crippen molar-refractivity contribution in [2.24, 2.45) is 0 Å². The van der Waals surface area contributed by atoms with Gasteiger partial charge in [0, 0.05) is 25.5 Å². The third-order valence-electron chi connectivity index (χ3n) is 3.06. The van der Waals surface area contributed by atoms with Crippen molar-refractivity contribution >= 4 is 17.6 Å². The van der Waals surface area contributed by atoms with E-state index in [4.69, 9.17) is 9.47 Å². The van der Waals surface area contributed by atoms with E-state index in [1.807, 2.05) is 0 Å². The standard InChI is InChI=1S/C13H12N6O4/c1-8(20)23-7-11-15-16-17-19(11)10-5-9(13(21)22-2)6-18-4-3-14-12(10)18/h3-6H,7H2,1-2H3. The molecule has 3 rings (SSSR count). The fourth-order valence-electron chi connectivity index (χ4n) is 2.05. The molecule has 3 aromatic heterocycles. The second-order valence-corrected chi connectivity index (χ2v) is 4.55. The number of methoxy groups -OCH3 is 1. The van der Waals surface area contributed by atoms with E-state index in [-0.39, 0.29) is 6.61 Å². The molecule has 3 aromatic rings. The molecule has 0 saturated heterocycles. The Balaban J connectivity index is 2.12. The van der Waals surface area contributed by atoms with E-state index in [0.717, 1.165) is 0 Å². The molecule has 0 bridgehead atoms. The Labute approximate surface area is 129 Å². The van der Waals surface area contributed by atoms with Crippen molar-refractivity contribution in [2.75, 3.05) is 7.11 Å². The number of hydrogen-bond acceptors (Lipinski definition) is 8. The smallest absolute Gasteiger partial charge is 0.339 e. The molecule has 0 amide bonds. The summed E-state index contributed by atoms with van der Waals surface area (Å²) in [7, 11) is 1.29. The van der Waals surface area contributed by atoms with Gasteiger partial charge in [-0.3, -0.25) is 4.79 Å². The van der Waals surface area contributed by atoms with Gasteiger partial charge >= 0.3 is 11.9 Å². The van der Waals surface area contributed by atoms with E-state index in [1.54, 1.807) is 29.1 Å². The molecule has 0 aliphatic heterocycles. The molecule has 0 aliphatic rings. The van der Waals surface area contributed by atoms with Crippen LogP contribution in [-0.4, -0.2) is 48.6 Å². The van der Waals surface area contributed by atoms with Crippen LogP contribution in [0.3, 0.4) is 0 Å². The van der Waals surface area contributed by atoms with Gasteiger partial charge in [0.2, 0.25) is 0 Å². The summed E-state index contributed by atoms with van der Waals surface area (Å²) in [6.07, 6.45) is 4.85. The first-order valence-corrected chi connectivity index (χ1v) is 6.56. The first-order valence-electron chi connectivity index (χ1n) is 6.56. The number of carbonyl (C=O) groups is 2. The quantitative estimate of drug-likeness (QED) is 0.625. The molecule has 0 saturated carbocycles. The third-order valence-corrected chi connectivity index (χ3v) is 3.06. The summed E-state index contributed by atoms with van der Waals surface area (Å²) in [6.45, 7) is 1.19. The first-order chi connectivity index (χ1) is 11.1. The summed E-state index contributed by atoms with van der Waals surface area (Å²) in [5, 5.41) is 11.3. The highest BCUT2D eigenvalue weighted by atomic mass is 16.5. The molecule has 0 N–H and O–H groups in total. The minimum absolute atomic E-state index is 0.0995. The van der Waals surface area contributed by atoms with Crippen LogP contribution in [0.2, 0.25) is 0 Å². The number of tetrazole rings is 1. The highest BCUT2D eigenvalue weighted by molar-refractivity contribution is 5.90. The highest BCUT2D eigenvalue weighted by Gasteiger charge is 2.17. The molecule has 0 spiro atoms. The molecule has 10 heteroatoms. The van der Waals surface area contributed by atoms with E-state index in [9.17, 15) is 9.59 Å². The predicted molar refractivity (Wildman–Crippen MR) is 74.7 cm³/mol. The van der Waals surface area contributed by atoms with Crippen LogP contribution in [0.4, 0.5) is 0 Å². The Morgan fingerprint density at radius 3 is 2.91 bits per heavy atom. The average Bonchev–Trinajstić information content (AvgIpc) is 3.19. The Bertz CT molecular complexity index is 884. The Morgan fingerprint density at radius 2 is 2.17 bits per heavy atom. The van der Waals surface area contributed by atoms with Crippen LogP contribution in [-0.2, 0) is 20.9 Å². The monoisotopic (exact) mass is 316 g/mol. The largest absolute Gasteiger partial charge is 0.465 e. The second-order valence-electron chi connectivity index (χ2n) is 4.55. The molecule has 0 unspecified atom stereocenters. The lowest BCUT2D eigenvalue weighted by Crippen LogP contribution is -2.11. The molecular weight excluding hydrogens is 304 g/mol. The van der Waals surface area contributed by atoms with E-state index < -0.39 is 11.9 Å². The molecule has 0 radical (unpaired) electrons. The number of carbonyl (C=O) groups excluding carboxylic acids is 2. The van der Waals surface area contributed by atoms with Gasteiger partial charge in [0.05, 0.1) is 12.7 Å². The number of esters is 2. The minimum Gasteiger partial charge on any atom is -0.465 e. The Morgan fingerprint density at radius 1 is 1.35 bits per heavy atom. The summed E-state index contributed by atoms with van der Waals surface area (Å²) in [6, 6.07) is 1.56. The van der Waals surface area contributed by atoms with Gasteiger partial charge < -0.3 is 13.9 Å². The molecular formula is C13H12N6O4. The lowest BCUT2D eigenvalue weighted by Gasteiger charge is -2.08. The fourth-order valence-corrected chi connectivity index (χ4v) is 2.05. The van der Waals surface area contributed by atoms with Crippen molar-refractivity contribution in [3.8, 4) is 5.69 Å². The van der Waals surface area contributed by atoms with Crippen LogP contribution < -0.4 is 0 Å². The SMILES string of the molecule is COC(=O)c1cc(-n2nnnc2COC(C)=O)c2nccn2c1. The van der Waals surface area contributed by atoms with E-state index in [0.29, 0.717) is 22.7 Å². The molecule has 0 aliphatic carbocycles. The van der Waals surface area contributed by atoms with Crippen LogP contribution >= 0.6 is 0 Å². The number of hydrogen-bond donors (Lipinski definition) is 0. The zero-order valence-corrected chi connectivity index (χ0v) is 12.3. The van der Waals surface area contributed by atoms with Crippen LogP contribution in [0.1, 0.15) is 23.1 Å². The Hall–Kier alpha value is -3.30. The summed E-state index contributed by atoms with van der Waals surface area (Å²) in [4.78, 5) is 27.0. The van der Waals surface area contributed by atoms with Crippen LogP contribution in [0.25, 0.3) is 11.3 Å². The molecule has 3 heterocycles. The summed E-state index contributed by atoms with van der Waals surface area (Å²) < 4.78 is 12.7. The van der Waals surface area contributed by atoms with Gasteiger partial charge in [-0.05, 0) is 16.5 Å². The molecule has 10 nitrogen and oxygen atoms in total. The number of ether oxygens (including phenoxy) is 2. The zero-order valence-electron chi connectivity index (χ0n) is 12.3. The molecule has 0 atom stereocenters. The topological polar surface area (TPSA) is 114 Å². The molecule has 0 fully saturated rings. The normalized spacial score (nSPS) is 10.7. The maximum absolute atomic E-state index is 11.8. The number of pyridine rings is 1. The van der Waals surface area contributed by atoms with Gasteiger partial charge in [-0.15, -0.1) is 5.10 Å². The summed E-state index contributed by atoms with van der Waals surface area (Å²) >= 11 is 0. The van der Waals surface area contributed by atoms with Crippen molar-refractivity contribution in [1.29, 1.82) is 0 Å². The van der Waals surface area contributed by atoms with Gasteiger partial charge in [0.15, 0.2) is 18.1 Å². The van der Waals surface area contributed by atoms with Gasteiger partial charge in [-0.2, -0.15) is 4.68 Å². The van der Waals surface area contributed by atoms with Crippen molar-refractivity contribution in [3.05, 3.63) is 36.0 Å². The molecule has 23 heavy (non-hydrogen) atoms. The van der Waals surface area contributed by atoms with Gasteiger partial charge in [0.25, 0.3) is 0 Å². The number of fused-ring (bicyclic) bond motifs is 1. The van der Waals surface area contributed by atoms with Crippen LogP contribution in [0, 0.1) is 0 Å². The van der Waals surface area contributed by atoms with Crippen LogP contribution in [0.15, 0.2) is 24.7 Å². The first kappa shape index (κ1) is 14.6. The number of aromatic nitrogens is 6. The lowest BCUT2D eigenvalue weighted by atomic mass is 10.2. The Kier molecular flexibility index (Phi) is 3.71. The third kappa shape index (κ3) is 2.73. The van der Waals surface area contributed by atoms with Crippen molar-refractivity contribution in [3.63, 3.8) is 0 Å². The lowest BCUT2D eigenvalue weighted by molar-refractivity contribution is -0.142. The van der Waals surface area contributed by atoms with E-state index in [2.05, 4.69) is 20.5 Å². The van der Waals surface area contributed by atoms with Gasteiger partial charge in [-0.1, -0.05) is 0 Å². The van der Waals surface area contributed by atoms with Crippen molar-refractivity contribution in [1.82, 2.24) is 29.6 Å². The second kappa shape index (κ2) is 5.83. The fraction of sp³-hybridized carbons (Fsp3) is 0.231. The molecule has 0 aromatic carbocycles. The summed E-state index contributed by atoms with van der Waals surface area (Å²) in [5.41, 5.74) is 1.31. The average molecular weight is 316 g/mol. The van der Waals surface area contributed by atoms with Gasteiger partial charge in [-0.25, -0.2) is 9.78 Å². The molecule has 118 valence electrons. The van der Waals surface area contributed by atoms with E-state index >= 15 is 0 Å². The van der Waals surface area contributed by atoms with Crippen LogP contribution in [0.5, 0.6) is 0 Å². The number of nitrogens with zero attached hydrogens (tertiary/aromatic N) is 6. The predicted octanol–water partition coefficient (Wildman–Crippen LogP) is 0.160. The summed E-state index contributed by atoms with van der Waals surface area (Å²) in [5.74, 6) is -0.655. The number of rotatable bonds is 4. The number of imidazole rings is 1.